The SMILES string of the molecule is CC1CN(C)CCN1C(=O)c1cn(C2CNC2)nn1. The van der Waals surface area contributed by atoms with Gasteiger partial charge in [0, 0.05) is 38.8 Å². The molecule has 7 nitrogen and oxygen atoms in total. The summed E-state index contributed by atoms with van der Waals surface area (Å²) < 4.78 is 1.80. The average Bonchev–Trinajstić information content (AvgIpc) is 2.75. The molecule has 1 unspecified atom stereocenters. The first-order chi connectivity index (χ1) is 9.15. The molecule has 0 saturated carbocycles. The molecule has 19 heavy (non-hydrogen) atoms. The summed E-state index contributed by atoms with van der Waals surface area (Å²) >= 11 is 0. The van der Waals surface area contributed by atoms with Gasteiger partial charge in [0.15, 0.2) is 5.69 Å². The van der Waals surface area contributed by atoms with E-state index in [2.05, 4.69) is 34.5 Å². The summed E-state index contributed by atoms with van der Waals surface area (Å²) in [5.41, 5.74) is 0.461. The van der Waals surface area contributed by atoms with Crippen LogP contribution in [-0.2, 0) is 0 Å². The third-order valence-electron chi connectivity index (χ3n) is 3.95. The number of likely N-dealkylation sites (N-methyl/N-ethyl adjacent to an activating group) is 1. The Morgan fingerprint density at radius 1 is 1.42 bits per heavy atom. The van der Waals surface area contributed by atoms with Gasteiger partial charge in [0.05, 0.1) is 12.2 Å². The van der Waals surface area contributed by atoms with Crippen molar-refractivity contribution >= 4 is 5.91 Å². The van der Waals surface area contributed by atoms with E-state index in [1.54, 1.807) is 10.9 Å². The van der Waals surface area contributed by atoms with Gasteiger partial charge < -0.3 is 15.1 Å². The van der Waals surface area contributed by atoms with Crippen molar-refractivity contribution in [1.82, 2.24) is 30.1 Å². The second kappa shape index (κ2) is 4.90. The van der Waals surface area contributed by atoms with Crippen LogP contribution in [-0.4, -0.2) is 76.5 Å². The topological polar surface area (TPSA) is 66.3 Å². The van der Waals surface area contributed by atoms with E-state index in [1.165, 1.54) is 0 Å². The smallest absolute Gasteiger partial charge is 0.276 e. The van der Waals surface area contributed by atoms with E-state index in [0.29, 0.717) is 11.7 Å². The Labute approximate surface area is 112 Å². The van der Waals surface area contributed by atoms with Crippen molar-refractivity contribution in [2.24, 2.45) is 0 Å². The molecule has 0 aromatic carbocycles. The fourth-order valence-corrected chi connectivity index (χ4v) is 2.60. The number of amides is 1. The summed E-state index contributed by atoms with van der Waals surface area (Å²) in [6.07, 6.45) is 1.78. The molecule has 3 heterocycles. The number of piperazine rings is 1. The predicted octanol–water partition coefficient (Wildman–Crippen LogP) is -0.801. The Balaban J connectivity index is 1.70. The number of nitrogens with one attached hydrogen (secondary N) is 1. The van der Waals surface area contributed by atoms with E-state index in [4.69, 9.17) is 0 Å². The van der Waals surface area contributed by atoms with Crippen LogP contribution in [0.5, 0.6) is 0 Å². The third kappa shape index (κ3) is 2.35. The molecule has 0 bridgehead atoms. The fraction of sp³-hybridized carbons (Fsp3) is 0.750. The summed E-state index contributed by atoms with van der Waals surface area (Å²) in [7, 11) is 2.08. The quantitative estimate of drug-likeness (QED) is 0.757. The minimum atomic E-state index is -0.000803. The van der Waals surface area contributed by atoms with Crippen LogP contribution in [0.25, 0.3) is 0 Å². The molecule has 2 fully saturated rings. The van der Waals surface area contributed by atoms with Crippen LogP contribution in [0.4, 0.5) is 0 Å². The van der Waals surface area contributed by atoms with Gasteiger partial charge in [-0.05, 0) is 14.0 Å². The molecular formula is C12H20N6O. The van der Waals surface area contributed by atoms with Crippen LogP contribution < -0.4 is 5.32 Å². The lowest BCUT2D eigenvalue weighted by Crippen LogP contribution is -2.52. The molecule has 1 atom stereocenters. The largest absolute Gasteiger partial charge is 0.332 e. The molecular weight excluding hydrogens is 244 g/mol. The van der Waals surface area contributed by atoms with Crippen LogP contribution in [0.15, 0.2) is 6.20 Å². The maximum Gasteiger partial charge on any atom is 0.276 e. The van der Waals surface area contributed by atoms with Crippen LogP contribution in [0.2, 0.25) is 0 Å². The third-order valence-corrected chi connectivity index (χ3v) is 3.95. The average molecular weight is 264 g/mol. The van der Waals surface area contributed by atoms with Crippen molar-refractivity contribution in [3.05, 3.63) is 11.9 Å². The van der Waals surface area contributed by atoms with Gasteiger partial charge in [0.2, 0.25) is 0 Å². The van der Waals surface area contributed by atoms with Crippen LogP contribution in [0, 0.1) is 0 Å². The van der Waals surface area contributed by atoms with Gasteiger partial charge in [0.1, 0.15) is 0 Å². The normalized spacial score (nSPS) is 25.4. The lowest BCUT2D eigenvalue weighted by Gasteiger charge is -2.37. The number of carbonyl (C=O) groups excluding carboxylic acids is 1. The number of hydrogen-bond donors (Lipinski definition) is 1. The molecule has 2 aliphatic rings. The minimum Gasteiger partial charge on any atom is -0.332 e. The van der Waals surface area contributed by atoms with E-state index < -0.39 is 0 Å². The summed E-state index contributed by atoms with van der Waals surface area (Å²) in [4.78, 5) is 16.6. The first kappa shape index (κ1) is 12.6. The van der Waals surface area contributed by atoms with E-state index in [9.17, 15) is 4.79 Å². The molecule has 2 saturated heterocycles. The molecule has 0 spiro atoms. The van der Waals surface area contributed by atoms with Gasteiger partial charge in [-0.3, -0.25) is 4.79 Å². The molecule has 7 heteroatoms. The zero-order chi connectivity index (χ0) is 13.4. The Morgan fingerprint density at radius 2 is 2.21 bits per heavy atom. The first-order valence-electron chi connectivity index (χ1n) is 6.77. The highest BCUT2D eigenvalue weighted by atomic mass is 16.2. The molecule has 0 aliphatic carbocycles. The second-order valence-electron chi connectivity index (χ2n) is 5.51. The highest BCUT2D eigenvalue weighted by Crippen LogP contribution is 2.14. The molecule has 1 amide bonds. The molecule has 104 valence electrons. The maximum atomic E-state index is 12.4. The zero-order valence-electron chi connectivity index (χ0n) is 11.4. The lowest BCUT2D eigenvalue weighted by atomic mass is 10.2. The van der Waals surface area contributed by atoms with Crippen molar-refractivity contribution < 1.29 is 4.79 Å². The van der Waals surface area contributed by atoms with Gasteiger partial charge in [-0.1, -0.05) is 5.21 Å². The lowest BCUT2D eigenvalue weighted by molar-refractivity contribution is 0.0527. The summed E-state index contributed by atoms with van der Waals surface area (Å²) in [5, 5.41) is 11.3. The Bertz CT molecular complexity index is 469. The maximum absolute atomic E-state index is 12.4. The van der Waals surface area contributed by atoms with Crippen molar-refractivity contribution in [2.45, 2.75) is 19.0 Å². The molecule has 1 aromatic heterocycles. The first-order valence-corrected chi connectivity index (χ1v) is 6.77. The number of hydrogen-bond acceptors (Lipinski definition) is 5. The van der Waals surface area contributed by atoms with Crippen molar-refractivity contribution in [3.63, 3.8) is 0 Å². The Kier molecular flexibility index (Phi) is 3.24. The van der Waals surface area contributed by atoms with E-state index >= 15 is 0 Å². The van der Waals surface area contributed by atoms with Crippen LogP contribution >= 0.6 is 0 Å². The highest BCUT2D eigenvalue weighted by Gasteiger charge is 2.29. The van der Waals surface area contributed by atoms with Crippen molar-refractivity contribution in [3.8, 4) is 0 Å². The highest BCUT2D eigenvalue weighted by molar-refractivity contribution is 5.92. The monoisotopic (exact) mass is 264 g/mol. The number of nitrogens with zero attached hydrogens (tertiary/aromatic N) is 5. The molecule has 3 rings (SSSR count). The zero-order valence-corrected chi connectivity index (χ0v) is 11.4. The molecule has 2 aliphatic heterocycles. The van der Waals surface area contributed by atoms with Crippen LogP contribution in [0.3, 0.4) is 0 Å². The number of rotatable bonds is 2. The Hall–Kier alpha value is -1.47. The van der Waals surface area contributed by atoms with Crippen LogP contribution in [0.1, 0.15) is 23.5 Å². The van der Waals surface area contributed by atoms with Gasteiger partial charge in [-0.15, -0.1) is 5.10 Å². The Morgan fingerprint density at radius 3 is 2.84 bits per heavy atom. The van der Waals surface area contributed by atoms with Gasteiger partial charge in [-0.25, -0.2) is 4.68 Å². The standard InChI is InChI=1S/C12H20N6O/c1-9-7-16(2)3-4-17(9)12(19)11-8-18(15-14-11)10-5-13-6-10/h8-10,13H,3-7H2,1-2H3. The second-order valence-corrected chi connectivity index (χ2v) is 5.51. The number of aromatic nitrogens is 3. The van der Waals surface area contributed by atoms with Gasteiger partial charge in [-0.2, -0.15) is 0 Å². The predicted molar refractivity (Wildman–Crippen MR) is 69.9 cm³/mol. The summed E-state index contributed by atoms with van der Waals surface area (Å²) in [6.45, 7) is 6.47. The number of carbonyl (C=O) groups is 1. The van der Waals surface area contributed by atoms with Gasteiger partial charge in [0.25, 0.3) is 5.91 Å². The minimum absolute atomic E-state index is 0.000803. The summed E-state index contributed by atoms with van der Waals surface area (Å²) in [5.74, 6) is -0.000803. The summed E-state index contributed by atoms with van der Waals surface area (Å²) in [6, 6.07) is 0.570. The van der Waals surface area contributed by atoms with Crippen molar-refractivity contribution in [1.29, 1.82) is 0 Å². The van der Waals surface area contributed by atoms with E-state index in [0.717, 1.165) is 32.7 Å². The fourth-order valence-electron chi connectivity index (χ4n) is 2.60. The molecule has 1 N–H and O–H groups in total. The van der Waals surface area contributed by atoms with E-state index in [1.807, 2.05) is 4.90 Å². The molecule has 0 radical (unpaired) electrons. The van der Waals surface area contributed by atoms with E-state index in [-0.39, 0.29) is 11.9 Å². The van der Waals surface area contributed by atoms with Gasteiger partial charge >= 0.3 is 0 Å². The molecule has 1 aromatic rings. The van der Waals surface area contributed by atoms with Crippen molar-refractivity contribution in [2.75, 3.05) is 39.8 Å².